The predicted molar refractivity (Wildman–Crippen MR) is 88.2 cm³/mol. The van der Waals surface area contributed by atoms with Crippen LogP contribution in [0.4, 0.5) is 0 Å². The monoisotopic (exact) mass is 308 g/mol. The number of nitrogens with one attached hydrogen (secondary N) is 1. The molecule has 4 rings (SSSR count). The molecule has 2 atom stereocenters. The Balaban J connectivity index is 1.61. The number of aryl methyl sites for hydroxylation is 2. The highest BCUT2D eigenvalue weighted by Crippen LogP contribution is 2.31. The van der Waals surface area contributed by atoms with Gasteiger partial charge in [-0.2, -0.15) is 0 Å². The normalized spacial score (nSPS) is 20.1. The van der Waals surface area contributed by atoms with Crippen molar-refractivity contribution in [3.05, 3.63) is 64.7 Å². The highest BCUT2D eigenvalue weighted by atomic mass is 16.3. The van der Waals surface area contributed by atoms with Crippen LogP contribution in [0.3, 0.4) is 0 Å². The topological polar surface area (TPSA) is 62.5 Å². The van der Waals surface area contributed by atoms with Gasteiger partial charge in [0.2, 0.25) is 5.78 Å². The Morgan fingerprint density at radius 2 is 2.13 bits per heavy atom. The number of aliphatic hydroxyl groups is 1. The van der Waals surface area contributed by atoms with Crippen LogP contribution < -0.4 is 5.32 Å². The Labute approximate surface area is 135 Å². The molecule has 3 aromatic rings. The number of benzene rings is 1. The van der Waals surface area contributed by atoms with Crippen molar-refractivity contribution >= 4 is 5.78 Å². The molecule has 5 heteroatoms. The molecule has 0 fully saturated rings. The third-order valence-corrected chi connectivity index (χ3v) is 4.57. The standard InChI is InChI=1S/C18H20N4O/c1-11-7-12(2)22-14(10-20-18(22)21-11)9-19-17-15-6-4-3-5-13(15)8-16(17)23/h3-7,10,16-17,19,23H,8-9H2,1-2H3/t16-,17+/m0/s1. The van der Waals surface area contributed by atoms with E-state index in [1.807, 2.05) is 25.3 Å². The van der Waals surface area contributed by atoms with E-state index in [1.165, 1.54) is 11.1 Å². The van der Waals surface area contributed by atoms with Gasteiger partial charge in [-0.3, -0.25) is 4.40 Å². The predicted octanol–water partition coefficient (Wildman–Crippen LogP) is 2.09. The van der Waals surface area contributed by atoms with E-state index in [0.29, 0.717) is 13.0 Å². The van der Waals surface area contributed by atoms with Gasteiger partial charge in [-0.05, 0) is 31.0 Å². The molecule has 0 spiro atoms. The summed E-state index contributed by atoms with van der Waals surface area (Å²) in [5.74, 6) is 0.728. The van der Waals surface area contributed by atoms with Crippen molar-refractivity contribution in [3.63, 3.8) is 0 Å². The van der Waals surface area contributed by atoms with Crippen LogP contribution in [-0.2, 0) is 13.0 Å². The number of hydrogen-bond donors (Lipinski definition) is 2. The lowest BCUT2D eigenvalue weighted by Gasteiger charge is -2.18. The molecule has 0 amide bonds. The summed E-state index contributed by atoms with van der Waals surface area (Å²) in [5, 5.41) is 13.8. The zero-order valence-corrected chi connectivity index (χ0v) is 13.3. The quantitative estimate of drug-likeness (QED) is 0.778. The molecule has 0 saturated heterocycles. The van der Waals surface area contributed by atoms with Crippen LogP contribution >= 0.6 is 0 Å². The number of rotatable bonds is 3. The Bertz CT molecular complexity index is 871. The van der Waals surface area contributed by atoms with E-state index in [1.54, 1.807) is 0 Å². The van der Waals surface area contributed by atoms with Gasteiger partial charge in [-0.25, -0.2) is 9.97 Å². The lowest BCUT2D eigenvalue weighted by Crippen LogP contribution is -2.28. The number of imidazole rings is 1. The lowest BCUT2D eigenvalue weighted by molar-refractivity contribution is 0.140. The largest absolute Gasteiger partial charge is 0.391 e. The molecule has 2 N–H and O–H groups in total. The molecule has 2 heterocycles. The maximum absolute atomic E-state index is 10.3. The van der Waals surface area contributed by atoms with Gasteiger partial charge in [-0.15, -0.1) is 0 Å². The number of aromatic nitrogens is 3. The first-order valence-corrected chi connectivity index (χ1v) is 7.93. The first-order chi connectivity index (χ1) is 11.1. The fraction of sp³-hybridized carbons (Fsp3) is 0.333. The van der Waals surface area contributed by atoms with Gasteiger partial charge in [0.25, 0.3) is 0 Å². The van der Waals surface area contributed by atoms with E-state index in [-0.39, 0.29) is 12.1 Å². The van der Waals surface area contributed by atoms with Crippen molar-refractivity contribution in [1.82, 2.24) is 19.7 Å². The molecule has 0 radical (unpaired) electrons. The third kappa shape index (κ3) is 2.42. The van der Waals surface area contributed by atoms with Crippen molar-refractivity contribution < 1.29 is 5.11 Å². The van der Waals surface area contributed by atoms with Crippen molar-refractivity contribution in [2.75, 3.05) is 0 Å². The van der Waals surface area contributed by atoms with Gasteiger partial charge in [0.15, 0.2) is 0 Å². The summed E-state index contributed by atoms with van der Waals surface area (Å²) >= 11 is 0. The summed E-state index contributed by atoms with van der Waals surface area (Å²) in [6.45, 7) is 4.68. The van der Waals surface area contributed by atoms with Crippen LogP contribution in [-0.4, -0.2) is 25.6 Å². The van der Waals surface area contributed by atoms with Crippen molar-refractivity contribution in [1.29, 1.82) is 0 Å². The summed E-state index contributed by atoms with van der Waals surface area (Å²) in [6.07, 6.45) is 2.18. The minimum atomic E-state index is -0.381. The number of hydrogen-bond acceptors (Lipinski definition) is 4. The van der Waals surface area contributed by atoms with E-state index in [4.69, 9.17) is 0 Å². The number of nitrogens with zero attached hydrogens (tertiary/aromatic N) is 3. The minimum Gasteiger partial charge on any atom is -0.391 e. The minimum absolute atomic E-state index is 0.0320. The lowest BCUT2D eigenvalue weighted by atomic mass is 10.1. The zero-order chi connectivity index (χ0) is 16.0. The average Bonchev–Trinajstić information content (AvgIpc) is 3.05. The molecule has 118 valence electrons. The molecular formula is C18H20N4O. The summed E-state index contributed by atoms with van der Waals surface area (Å²) in [4.78, 5) is 8.86. The van der Waals surface area contributed by atoms with Crippen LogP contribution in [0.1, 0.15) is 34.3 Å². The number of aliphatic hydroxyl groups excluding tert-OH is 1. The van der Waals surface area contributed by atoms with Crippen molar-refractivity contribution in [2.24, 2.45) is 0 Å². The fourth-order valence-corrected chi connectivity index (χ4v) is 3.56. The van der Waals surface area contributed by atoms with Crippen molar-refractivity contribution in [3.8, 4) is 0 Å². The first-order valence-electron chi connectivity index (χ1n) is 7.93. The summed E-state index contributed by atoms with van der Waals surface area (Å²) in [5.41, 5.74) is 5.57. The molecule has 0 bridgehead atoms. The Morgan fingerprint density at radius 1 is 1.30 bits per heavy atom. The van der Waals surface area contributed by atoms with E-state index < -0.39 is 0 Å². The second kappa shape index (κ2) is 5.44. The maximum atomic E-state index is 10.3. The molecule has 23 heavy (non-hydrogen) atoms. The molecule has 2 aromatic heterocycles. The Morgan fingerprint density at radius 3 is 3.00 bits per heavy atom. The van der Waals surface area contributed by atoms with Crippen LogP contribution in [0.2, 0.25) is 0 Å². The molecule has 1 aliphatic rings. The van der Waals surface area contributed by atoms with Gasteiger partial charge in [0.1, 0.15) is 0 Å². The summed E-state index contributed by atoms with van der Waals surface area (Å²) < 4.78 is 2.06. The second-order valence-electron chi connectivity index (χ2n) is 6.25. The van der Waals surface area contributed by atoms with Gasteiger partial charge in [0.05, 0.1) is 24.0 Å². The second-order valence-corrected chi connectivity index (χ2v) is 6.25. The summed E-state index contributed by atoms with van der Waals surface area (Å²) in [7, 11) is 0. The average molecular weight is 308 g/mol. The fourth-order valence-electron chi connectivity index (χ4n) is 3.56. The Kier molecular flexibility index (Phi) is 3.39. The molecule has 5 nitrogen and oxygen atoms in total. The molecule has 0 aliphatic heterocycles. The van der Waals surface area contributed by atoms with E-state index in [9.17, 15) is 5.11 Å². The highest BCUT2D eigenvalue weighted by Gasteiger charge is 2.30. The number of fused-ring (bicyclic) bond motifs is 2. The van der Waals surface area contributed by atoms with Gasteiger partial charge in [-0.1, -0.05) is 24.3 Å². The van der Waals surface area contributed by atoms with Gasteiger partial charge >= 0.3 is 0 Å². The van der Waals surface area contributed by atoms with E-state index in [2.05, 4.69) is 44.8 Å². The van der Waals surface area contributed by atoms with E-state index >= 15 is 0 Å². The smallest absolute Gasteiger partial charge is 0.234 e. The first kappa shape index (κ1) is 14.4. The van der Waals surface area contributed by atoms with Crippen LogP contribution in [0.15, 0.2) is 36.5 Å². The van der Waals surface area contributed by atoms with Crippen LogP contribution in [0, 0.1) is 13.8 Å². The third-order valence-electron chi connectivity index (χ3n) is 4.57. The molecule has 1 aromatic carbocycles. The maximum Gasteiger partial charge on any atom is 0.234 e. The molecular weight excluding hydrogens is 288 g/mol. The van der Waals surface area contributed by atoms with Gasteiger partial charge < -0.3 is 10.4 Å². The molecule has 0 saturated carbocycles. The molecule has 1 aliphatic carbocycles. The van der Waals surface area contributed by atoms with Crippen LogP contribution in [0.25, 0.3) is 5.78 Å². The van der Waals surface area contributed by atoms with E-state index in [0.717, 1.165) is 22.9 Å². The zero-order valence-electron chi connectivity index (χ0n) is 13.3. The van der Waals surface area contributed by atoms with Crippen LogP contribution in [0.5, 0.6) is 0 Å². The Hall–Kier alpha value is -2.24. The van der Waals surface area contributed by atoms with Crippen molar-refractivity contribution in [2.45, 2.75) is 39.0 Å². The van der Waals surface area contributed by atoms with Gasteiger partial charge in [0, 0.05) is 24.4 Å². The SMILES string of the molecule is Cc1cc(C)n2c(CN[C@@H]3c4ccccc4C[C@@H]3O)cnc2n1. The molecule has 0 unspecified atom stereocenters. The summed E-state index contributed by atoms with van der Waals surface area (Å²) in [6, 6.07) is 10.2. The highest BCUT2D eigenvalue weighted by molar-refractivity contribution is 5.37.